The third-order valence-electron chi connectivity index (χ3n) is 2.58. The Bertz CT molecular complexity index is 547. The molecule has 98 valence electrons. The molecule has 0 aliphatic heterocycles. The van der Waals surface area contributed by atoms with Crippen molar-refractivity contribution in [3.8, 4) is 0 Å². The first kappa shape index (κ1) is 12.8. The van der Waals surface area contributed by atoms with E-state index in [1.54, 1.807) is 13.3 Å². The van der Waals surface area contributed by atoms with Crippen LogP contribution in [-0.2, 0) is 16.0 Å². The average molecular weight is 251 g/mol. The Morgan fingerprint density at radius 1 is 1.28 bits per heavy atom. The third kappa shape index (κ3) is 2.96. The molecule has 0 saturated heterocycles. The van der Waals surface area contributed by atoms with Gasteiger partial charge in [0, 0.05) is 26.5 Å². The van der Waals surface area contributed by atoms with Crippen molar-refractivity contribution >= 4 is 5.65 Å². The number of aryl methyl sites for hydroxylation is 1. The molecule has 2 aromatic heterocycles. The third-order valence-corrected chi connectivity index (χ3v) is 2.58. The van der Waals surface area contributed by atoms with Gasteiger partial charge in [-0.3, -0.25) is 4.40 Å². The van der Waals surface area contributed by atoms with Gasteiger partial charge in [-0.15, -0.1) is 5.10 Å². The predicted octanol–water partition coefficient (Wildman–Crippen LogP) is 0.549. The second kappa shape index (κ2) is 6.32. The fourth-order valence-corrected chi connectivity index (χ4v) is 1.67. The smallest absolute Gasteiger partial charge is 0.350 e. The maximum Gasteiger partial charge on any atom is 0.350 e. The van der Waals surface area contributed by atoms with Gasteiger partial charge in [-0.2, -0.15) is 0 Å². The van der Waals surface area contributed by atoms with Crippen LogP contribution >= 0.6 is 0 Å². The second-order valence-electron chi connectivity index (χ2n) is 3.89. The normalized spacial score (nSPS) is 11.2. The van der Waals surface area contributed by atoms with Crippen molar-refractivity contribution in [1.29, 1.82) is 0 Å². The highest BCUT2D eigenvalue weighted by molar-refractivity contribution is 5.35. The zero-order valence-corrected chi connectivity index (χ0v) is 10.4. The lowest BCUT2D eigenvalue weighted by Gasteiger charge is -2.02. The molecule has 0 unspecified atom stereocenters. The summed E-state index contributed by atoms with van der Waals surface area (Å²) in [6, 6.07) is 5.49. The lowest BCUT2D eigenvalue weighted by Crippen LogP contribution is -2.21. The van der Waals surface area contributed by atoms with Crippen molar-refractivity contribution in [2.24, 2.45) is 0 Å². The molecule has 0 radical (unpaired) electrons. The molecule has 2 rings (SSSR count). The molecular weight excluding hydrogens is 234 g/mol. The monoisotopic (exact) mass is 251 g/mol. The minimum absolute atomic E-state index is 0.109. The van der Waals surface area contributed by atoms with Crippen LogP contribution in [0, 0.1) is 0 Å². The predicted molar refractivity (Wildman–Crippen MR) is 66.8 cm³/mol. The summed E-state index contributed by atoms with van der Waals surface area (Å²) < 4.78 is 13.2. The molecule has 0 bridgehead atoms. The molecule has 0 aromatic carbocycles. The molecule has 0 atom stereocenters. The van der Waals surface area contributed by atoms with Crippen LogP contribution in [-0.4, -0.2) is 41.1 Å². The molecule has 0 amide bonds. The molecule has 2 aromatic rings. The number of aromatic nitrogens is 3. The van der Waals surface area contributed by atoms with Gasteiger partial charge in [0.1, 0.15) is 0 Å². The van der Waals surface area contributed by atoms with Crippen LogP contribution in [0.2, 0.25) is 0 Å². The Kier molecular flexibility index (Phi) is 4.49. The standard InChI is InChI=1S/C12H17N3O3/c1-17-9-10-18-8-4-7-15-12(16)14-6-3-2-5-11(14)13-15/h2-3,5-6H,4,7-10H2,1H3. The minimum atomic E-state index is -0.109. The molecule has 0 fully saturated rings. The molecule has 0 spiro atoms. The van der Waals surface area contributed by atoms with Crippen LogP contribution in [0.25, 0.3) is 5.65 Å². The molecule has 0 aliphatic rings. The molecule has 2 heterocycles. The van der Waals surface area contributed by atoms with Crippen molar-refractivity contribution < 1.29 is 9.47 Å². The second-order valence-corrected chi connectivity index (χ2v) is 3.89. The van der Waals surface area contributed by atoms with Gasteiger partial charge in [-0.1, -0.05) is 6.07 Å². The van der Waals surface area contributed by atoms with Crippen molar-refractivity contribution in [1.82, 2.24) is 14.2 Å². The molecular formula is C12H17N3O3. The minimum Gasteiger partial charge on any atom is -0.382 e. The summed E-state index contributed by atoms with van der Waals surface area (Å²) in [5.74, 6) is 0. The summed E-state index contributed by atoms with van der Waals surface area (Å²) in [6.45, 7) is 2.34. The summed E-state index contributed by atoms with van der Waals surface area (Å²) in [5.41, 5.74) is 0.560. The van der Waals surface area contributed by atoms with E-state index in [9.17, 15) is 4.79 Å². The summed E-state index contributed by atoms with van der Waals surface area (Å²) in [5, 5.41) is 4.23. The number of fused-ring (bicyclic) bond motifs is 1. The quantitative estimate of drug-likeness (QED) is 0.674. The topological polar surface area (TPSA) is 57.8 Å². The molecule has 6 heteroatoms. The van der Waals surface area contributed by atoms with Gasteiger partial charge in [-0.25, -0.2) is 9.48 Å². The van der Waals surface area contributed by atoms with E-state index in [-0.39, 0.29) is 5.69 Å². The molecule has 6 nitrogen and oxygen atoms in total. The number of ether oxygens (including phenoxy) is 2. The van der Waals surface area contributed by atoms with Crippen LogP contribution in [0.5, 0.6) is 0 Å². The Morgan fingerprint density at radius 2 is 2.17 bits per heavy atom. The first-order valence-corrected chi connectivity index (χ1v) is 5.94. The number of nitrogens with zero attached hydrogens (tertiary/aromatic N) is 3. The SMILES string of the molecule is COCCOCCCn1nc2ccccn2c1=O. The van der Waals surface area contributed by atoms with E-state index in [0.717, 1.165) is 6.42 Å². The van der Waals surface area contributed by atoms with Gasteiger partial charge < -0.3 is 9.47 Å². The maximum absolute atomic E-state index is 11.9. The lowest BCUT2D eigenvalue weighted by atomic mass is 10.4. The highest BCUT2D eigenvalue weighted by atomic mass is 16.5. The molecule has 18 heavy (non-hydrogen) atoms. The summed E-state index contributed by atoms with van der Waals surface area (Å²) in [4.78, 5) is 11.9. The van der Waals surface area contributed by atoms with Gasteiger partial charge in [0.05, 0.1) is 13.2 Å². The largest absolute Gasteiger partial charge is 0.382 e. The van der Waals surface area contributed by atoms with Gasteiger partial charge in [0.25, 0.3) is 0 Å². The van der Waals surface area contributed by atoms with E-state index in [2.05, 4.69) is 5.10 Å². The van der Waals surface area contributed by atoms with Crippen molar-refractivity contribution in [3.05, 3.63) is 34.9 Å². The fraction of sp³-hybridized carbons (Fsp3) is 0.500. The number of pyridine rings is 1. The van der Waals surface area contributed by atoms with Crippen LogP contribution in [0.15, 0.2) is 29.2 Å². The van der Waals surface area contributed by atoms with Crippen molar-refractivity contribution in [2.75, 3.05) is 26.9 Å². The van der Waals surface area contributed by atoms with Gasteiger partial charge in [-0.05, 0) is 18.6 Å². The van der Waals surface area contributed by atoms with E-state index < -0.39 is 0 Å². The van der Waals surface area contributed by atoms with Crippen molar-refractivity contribution in [2.45, 2.75) is 13.0 Å². The van der Waals surface area contributed by atoms with E-state index >= 15 is 0 Å². The zero-order chi connectivity index (χ0) is 12.8. The lowest BCUT2D eigenvalue weighted by molar-refractivity contribution is 0.0676. The first-order valence-electron chi connectivity index (χ1n) is 5.94. The van der Waals surface area contributed by atoms with Crippen molar-refractivity contribution in [3.63, 3.8) is 0 Å². The van der Waals surface area contributed by atoms with Gasteiger partial charge in [0.2, 0.25) is 0 Å². The number of rotatable bonds is 7. The highest BCUT2D eigenvalue weighted by Crippen LogP contribution is 1.96. The van der Waals surface area contributed by atoms with E-state index in [0.29, 0.717) is 32.0 Å². The Morgan fingerprint density at radius 3 is 2.94 bits per heavy atom. The van der Waals surface area contributed by atoms with Crippen LogP contribution < -0.4 is 5.69 Å². The number of methoxy groups -OCH3 is 1. The Hall–Kier alpha value is -1.66. The van der Waals surface area contributed by atoms with E-state index in [4.69, 9.17) is 9.47 Å². The molecule has 0 aliphatic carbocycles. The number of hydrogen-bond acceptors (Lipinski definition) is 4. The Labute approximate surface area is 105 Å². The van der Waals surface area contributed by atoms with Crippen LogP contribution in [0.1, 0.15) is 6.42 Å². The summed E-state index contributed by atoms with van der Waals surface area (Å²) >= 11 is 0. The summed E-state index contributed by atoms with van der Waals surface area (Å²) in [6.07, 6.45) is 2.48. The fourth-order valence-electron chi connectivity index (χ4n) is 1.67. The average Bonchev–Trinajstić information content (AvgIpc) is 2.71. The van der Waals surface area contributed by atoms with E-state index in [1.165, 1.54) is 9.08 Å². The van der Waals surface area contributed by atoms with Crippen LogP contribution in [0.3, 0.4) is 0 Å². The zero-order valence-electron chi connectivity index (χ0n) is 10.4. The van der Waals surface area contributed by atoms with Gasteiger partial charge in [0.15, 0.2) is 5.65 Å². The van der Waals surface area contributed by atoms with E-state index in [1.807, 2.05) is 18.2 Å². The first-order chi connectivity index (χ1) is 8.83. The maximum atomic E-state index is 11.9. The number of hydrogen-bond donors (Lipinski definition) is 0. The summed E-state index contributed by atoms with van der Waals surface area (Å²) in [7, 11) is 1.64. The molecule has 0 N–H and O–H groups in total. The molecule has 0 saturated carbocycles. The highest BCUT2D eigenvalue weighted by Gasteiger charge is 2.04. The Balaban J connectivity index is 1.88. The van der Waals surface area contributed by atoms with Gasteiger partial charge >= 0.3 is 5.69 Å². The van der Waals surface area contributed by atoms with Crippen LogP contribution in [0.4, 0.5) is 0 Å².